The molecule has 0 saturated heterocycles. The number of rotatable bonds is 3. The van der Waals surface area contributed by atoms with Crippen molar-refractivity contribution in [2.24, 2.45) is 0 Å². The number of para-hydroxylation sites is 1. The van der Waals surface area contributed by atoms with Crippen LogP contribution in [0.1, 0.15) is 13.8 Å². The van der Waals surface area contributed by atoms with Gasteiger partial charge in [-0.15, -0.1) is 11.8 Å². The first-order chi connectivity index (χ1) is 6.52. The van der Waals surface area contributed by atoms with E-state index < -0.39 is 0 Å². The van der Waals surface area contributed by atoms with Crippen LogP contribution in [0.25, 0.3) is 0 Å². The summed E-state index contributed by atoms with van der Waals surface area (Å²) in [5.74, 6) is 0.385. The molecule has 1 aromatic rings. The Morgan fingerprint density at radius 3 is 2.43 bits per heavy atom. The minimum atomic E-state index is 0.385. The van der Waals surface area contributed by atoms with Crippen LogP contribution in [0.4, 0.5) is 5.69 Å². The fourth-order valence-corrected chi connectivity index (χ4v) is 2.10. The molecule has 0 aromatic heterocycles. The number of phenols is 1. The van der Waals surface area contributed by atoms with Crippen LogP contribution >= 0.6 is 11.8 Å². The van der Waals surface area contributed by atoms with Crippen molar-refractivity contribution < 1.29 is 5.11 Å². The van der Waals surface area contributed by atoms with Crippen LogP contribution in [-0.4, -0.2) is 24.5 Å². The Morgan fingerprint density at radius 1 is 1.29 bits per heavy atom. The molecule has 0 spiro atoms. The van der Waals surface area contributed by atoms with E-state index in [1.54, 1.807) is 11.8 Å². The summed E-state index contributed by atoms with van der Waals surface area (Å²) in [6.45, 7) is 4.24. The Morgan fingerprint density at radius 2 is 1.93 bits per heavy atom. The number of hydrogen-bond acceptors (Lipinski definition) is 3. The zero-order chi connectivity index (χ0) is 10.7. The first-order valence-electron chi connectivity index (χ1n) is 4.68. The number of phenolic OH excluding ortho intramolecular Hbond substituents is 1. The average molecular weight is 211 g/mol. The Labute approximate surface area is 89.9 Å². The lowest BCUT2D eigenvalue weighted by Gasteiger charge is -2.16. The molecule has 0 amide bonds. The second-order valence-electron chi connectivity index (χ2n) is 3.68. The minimum absolute atomic E-state index is 0.385. The van der Waals surface area contributed by atoms with E-state index in [0.717, 1.165) is 10.6 Å². The van der Waals surface area contributed by atoms with E-state index in [2.05, 4.69) is 13.8 Å². The number of nitrogens with zero attached hydrogens (tertiary/aromatic N) is 1. The lowest BCUT2D eigenvalue weighted by molar-refractivity contribution is 0.463. The van der Waals surface area contributed by atoms with E-state index >= 15 is 0 Å². The second-order valence-corrected chi connectivity index (χ2v) is 5.30. The summed E-state index contributed by atoms with van der Waals surface area (Å²) < 4.78 is 0. The first-order valence-corrected chi connectivity index (χ1v) is 5.56. The lowest BCUT2D eigenvalue weighted by Crippen LogP contribution is -2.08. The van der Waals surface area contributed by atoms with Crippen LogP contribution in [0.5, 0.6) is 5.75 Å². The van der Waals surface area contributed by atoms with Crippen LogP contribution in [-0.2, 0) is 0 Å². The van der Waals surface area contributed by atoms with Crippen molar-refractivity contribution in [2.45, 2.75) is 24.0 Å². The number of thioether (sulfide) groups is 1. The van der Waals surface area contributed by atoms with Gasteiger partial charge >= 0.3 is 0 Å². The second kappa shape index (κ2) is 4.60. The number of anilines is 1. The Kier molecular flexibility index (Phi) is 3.69. The van der Waals surface area contributed by atoms with Crippen LogP contribution in [0, 0.1) is 0 Å². The molecule has 78 valence electrons. The molecule has 0 atom stereocenters. The molecule has 2 nitrogen and oxygen atoms in total. The summed E-state index contributed by atoms with van der Waals surface area (Å²) in [7, 11) is 3.86. The maximum atomic E-state index is 9.95. The van der Waals surface area contributed by atoms with Crippen LogP contribution < -0.4 is 4.90 Å². The van der Waals surface area contributed by atoms with Gasteiger partial charge in [-0.2, -0.15) is 0 Å². The van der Waals surface area contributed by atoms with E-state index in [9.17, 15) is 5.11 Å². The van der Waals surface area contributed by atoms with Gasteiger partial charge in [0.25, 0.3) is 0 Å². The fraction of sp³-hybridized carbons (Fsp3) is 0.455. The van der Waals surface area contributed by atoms with Gasteiger partial charge in [-0.1, -0.05) is 19.9 Å². The Balaban J connectivity index is 3.01. The van der Waals surface area contributed by atoms with E-state index in [0.29, 0.717) is 11.0 Å². The lowest BCUT2D eigenvalue weighted by atomic mass is 10.3. The maximum absolute atomic E-state index is 9.95. The topological polar surface area (TPSA) is 23.5 Å². The van der Waals surface area contributed by atoms with Crippen molar-refractivity contribution in [3.63, 3.8) is 0 Å². The van der Waals surface area contributed by atoms with Crippen molar-refractivity contribution in [1.82, 2.24) is 0 Å². The summed E-state index contributed by atoms with van der Waals surface area (Å²) in [4.78, 5) is 2.87. The smallest absolute Gasteiger partial charge is 0.152 e. The molecule has 0 aliphatic carbocycles. The highest BCUT2D eigenvalue weighted by atomic mass is 32.2. The summed E-state index contributed by atoms with van der Waals surface area (Å²) in [6.07, 6.45) is 0. The molecule has 0 radical (unpaired) electrons. The van der Waals surface area contributed by atoms with Gasteiger partial charge in [0.15, 0.2) is 5.75 Å². The molecule has 14 heavy (non-hydrogen) atoms. The first kappa shape index (κ1) is 11.2. The SMILES string of the molecule is CC(C)Sc1cccc(N(C)C)c1O. The zero-order valence-corrected chi connectivity index (χ0v) is 9.93. The van der Waals surface area contributed by atoms with Crippen LogP contribution in [0.2, 0.25) is 0 Å². The van der Waals surface area contributed by atoms with Crippen molar-refractivity contribution >= 4 is 17.4 Å². The summed E-state index contributed by atoms with van der Waals surface area (Å²) in [5.41, 5.74) is 0.871. The number of hydrogen-bond donors (Lipinski definition) is 1. The van der Waals surface area contributed by atoms with Crippen molar-refractivity contribution in [3.8, 4) is 5.75 Å². The van der Waals surface area contributed by atoms with E-state index in [4.69, 9.17) is 0 Å². The largest absolute Gasteiger partial charge is 0.505 e. The van der Waals surface area contributed by atoms with Gasteiger partial charge in [0.05, 0.1) is 10.6 Å². The normalized spacial score (nSPS) is 10.6. The molecular weight excluding hydrogens is 194 g/mol. The van der Waals surface area contributed by atoms with Gasteiger partial charge in [-0.3, -0.25) is 0 Å². The highest BCUT2D eigenvalue weighted by molar-refractivity contribution is 8.00. The van der Waals surface area contributed by atoms with Gasteiger partial charge < -0.3 is 10.0 Å². The van der Waals surface area contributed by atoms with E-state index in [1.165, 1.54) is 0 Å². The van der Waals surface area contributed by atoms with E-state index in [-0.39, 0.29) is 0 Å². The standard InChI is InChI=1S/C11H17NOS/c1-8(2)14-10-7-5-6-9(11(10)13)12(3)4/h5-8,13H,1-4H3. The Bertz CT molecular complexity index is 310. The van der Waals surface area contributed by atoms with Crippen molar-refractivity contribution in [3.05, 3.63) is 18.2 Å². The summed E-state index contributed by atoms with van der Waals surface area (Å²) in [5, 5.41) is 10.4. The number of benzene rings is 1. The van der Waals surface area contributed by atoms with Crippen LogP contribution in [0.15, 0.2) is 23.1 Å². The third-order valence-electron chi connectivity index (χ3n) is 1.82. The molecule has 1 aromatic carbocycles. The molecule has 0 unspecified atom stereocenters. The molecule has 0 saturated carbocycles. The quantitative estimate of drug-likeness (QED) is 0.778. The summed E-state index contributed by atoms with van der Waals surface area (Å²) in [6, 6.07) is 5.84. The third kappa shape index (κ3) is 2.58. The van der Waals surface area contributed by atoms with E-state index in [1.807, 2.05) is 37.2 Å². The fourth-order valence-electron chi connectivity index (χ4n) is 1.22. The Hall–Kier alpha value is -0.830. The van der Waals surface area contributed by atoms with Crippen molar-refractivity contribution in [2.75, 3.05) is 19.0 Å². The molecule has 3 heteroatoms. The third-order valence-corrected chi connectivity index (χ3v) is 2.88. The molecule has 0 aliphatic rings. The molecule has 1 N–H and O–H groups in total. The maximum Gasteiger partial charge on any atom is 0.152 e. The highest BCUT2D eigenvalue weighted by Gasteiger charge is 2.09. The predicted octanol–water partition coefficient (Wildman–Crippen LogP) is 2.96. The molecule has 0 fully saturated rings. The highest BCUT2D eigenvalue weighted by Crippen LogP contribution is 2.37. The molecule has 0 bridgehead atoms. The zero-order valence-electron chi connectivity index (χ0n) is 9.11. The molecule has 0 heterocycles. The number of aromatic hydroxyl groups is 1. The van der Waals surface area contributed by atoms with Gasteiger partial charge in [-0.25, -0.2) is 0 Å². The van der Waals surface area contributed by atoms with Crippen molar-refractivity contribution in [1.29, 1.82) is 0 Å². The van der Waals surface area contributed by atoms with Gasteiger partial charge in [0, 0.05) is 19.3 Å². The monoisotopic (exact) mass is 211 g/mol. The minimum Gasteiger partial charge on any atom is -0.505 e. The van der Waals surface area contributed by atoms with Gasteiger partial charge in [0.1, 0.15) is 0 Å². The molecular formula is C11H17NOS. The van der Waals surface area contributed by atoms with Gasteiger partial charge in [0.2, 0.25) is 0 Å². The molecule has 1 rings (SSSR count). The van der Waals surface area contributed by atoms with Crippen LogP contribution in [0.3, 0.4) is 0 Å². The predicted molar refractivity (Wildman–Crippen MR) is 63.4 cm³/mol. The average Bonchev–Trinajstić information content (AvgIpc) is 2.07. The summed E-state index contributed by atoms with van der Waals surface area (Å²) >= 11 is 1.68. The molecule has 0 aliphatic heterocycles. The van der Waals surface area contributed by atoms with Gasteiger partial charge in [-0.05, 0) is 12.1 Å².